The van der Waals surface area contributed by atoms with Crippen molar-refractivity contribution in [3.05, 3.63) is 75.7 Å². The summed E-state index contributed by atoms with van der Waals surface area (Å²) in [5.41, 5.74) is 3.75. The zero-order valence-corrected chi connectivity index (χ0v) is 17.2. The SMILES string of the molecule is CCOc1ccc(-c2csc(/C(C#N)=C/c3cc4ccccc4nc3Cl)n2)cc1. The van der Waals surface area contributed by atoms with Crippen LogP contribution in [0.2, 0.25) is 5.15 Å². The molecule has 0 aliphatic heterocycles. The summed E-state index contributed by atoms with van der Waals surface area (Å²) in [6.45, 7) is 2.58. The van der Waals surface area contributed by atoms with Crippen molar-refractivity contribution in [2.75, 3.05) is 6.61 Å². The number of allylic oxidation sites excluding steroid dienone is 1. The van der Waals surface area contributed by atoms with Gasteiger partial charge in [-0.05, 0) is 49.4 Å². The number of benzene rings is 2. The van der Waals surface area contributed by atoms with Gasteiger partial charge in [0.05, 0.1) is 23.4 Å². The first-order chi connectivity index (χ1) is 14.2. The molecule has 0 unspecified atom stereocenters. The van der Waals surface area contributed by atoms with Gasteiger partial charge < -0.3 is 4.74 Å². The van der Waals surface area contributed by atoms with Crippen molar-refractivity contribution in [3.63, 3.8) is 0 Å². The number of aromatic nitrogens is 2. The van der Waals surface area contributed by atoms with Crippen LogP contribution in [0.1, 0.15) is 17.5 Å². The highest BCUT2D eigenvalue weighted by molar-refractivity contribution is 7.11. The van der Waals surface area contributed by atoms with E-state index in [1.807, 2.05) is 66.9 Å². The van der Waals surface area contributed by atoms with Crippen LogP contribution in [0, 0.1) is 11.3 Å². The molecule has 2 aromatic carbocycles. The molecule has 0 bridgehead atoms. The van der Waals surface area contributed by atoms with E-state index in [1.165, 1.54) is 11.3 Å². The highest BCUT2D eigenvalue weighted by Crippen LogP contribution is 2.30. The second kappa shape index (κ2) is 8.44. The van der Waals surface area contributed by atoms with Gasteiger partial charge in [-0.2, -0.15) is 5.26 Å². The molecular formula is C23H16ClN3OS. The van der Waals surface area contributed by atoms with E-state index in [2.05, 4.69) is 16.0 Å². The zero-order chi connectivity index (χ0) is 20.2. The van der Waals surface area contributed by atoms with Crippen molar-refractivity contribution in [1.29, 1.82) is 5.26 Å². The van der Waals surface area contributed by atoms with Gasteiger partial charge in [0.15, 0.2) is 0 Å². The number of ether oxygens (including phenoxy) is 1. The molecule has 0 aliphatic rings. The molecule has 0 saturated carbocycles. The van der Waals surface area contributed by atoms with Crippen LogP contribution in [0.15, 0.2) is 60.0 Å². The van der Waals surface area contributed by atoms with E-state index in [9.17, 15) is 5.26 Å². The largest absolute Gasteiger partial charge is 0.494 e. The molecule has 4 rings (SSSR count). The molecule has 142 valence electrons. The maximum Gasteiger partial charge on any atom is 0.137 e. The Morgan fingerprint density at radius 3 is 2.72 bits per heavy atom. The average molecular weight is 418 g/mol. The van der Waals surface area contributed by atoms with Crippen LogP contribution in [0.3, 0.4) is 0 Å². The van der Waals surface area contributed by atoms with E-state index in [0.29, 0.717) is 27.9 Å². The molecule has 0 amide bonds. The molecule has 4 aromatic rings. The summed E-state index contributed by atoms with van der Waals surface area (Å²) in [4.78, 5) is 9.05. The first-order valence-electron chi connectivity index (χ1n) is 9.04. The number of halogens is 1. The molecule has 2 heterocycles. The number of nitriles is 1. The van der Waals surface area contributed by atoms with E-state index < -0.39 is 0 Å². The molecular weight excluding hydrogens is 402 g/mol. The Kier molecular flexibility index (Phi) is 5.57. The van der Waals surface area contributed by atoms with Gasteiger partial charge in [0, 0.05) is 21.9 Å². The van der Waals surface area contributed by atoms with Crippen molar-refractivity contribution in [2.45, 2.75) is 6.92 Å². The van der Waals surface area contributed by atoms with Crippen LogP contribution >= 0.6 is 22.9 Å². The van der Waals surface area contributed by atoms with E-state index in [0.717, 1.165) is 27.9 Å². The van der Waals surface area contributed by atoms with Crippen LogP contribution in [0.25, 0.3) is 33.8 Å². The lowest BCUT2D eigenvalue weighted by molar-refractivity contribution is 0.340. The second-order valence-electron chi connectivity index (χ2n) is 6.23. The number of nitrogens with zero attached hydrogens (tertiary/aromatic N) is 3. The minimum Gasteiger partial charge on any atom is -0.494 e. The minimum absolute atomic E-state index is 0.361. The Hall–Kier alpha value is -3.20. The van der Waals surface area contributed by atoms with Crippen molar-refractivity contribution in [1.82, 2.24) is 9.97 Å². The first kappa shape index (κ1) is 19.1. The summed E-state index contributed by atoms with van der Waals surface area (Å²) in [7, 11) is 0. The number of para-hydroxylation sites is 1. The lowest BCUT2D eigenvalue weighted by atomic mass is 10.1. The Morgan fingerprint density at radius 1 is 1.17 bits per heavy atom. The predicted octanol–water partition coefficient (Wildman–Crippen LogP) is 6.47. The summed E-state index contributed by atoms with van der Waals surface area (Å²) < 4.78 is 5.48. The lowest BCUT2D eigenvalue weighted by Crippen LogP contribution is -1.90. The van der Waals surface area contributed by atoms with E-state index in [-0.39, 0.29) is 0 Å². The number of rotatable bonds is 5. The summed E-state index contributed by atoms with van der Waals surface area (Å²) in [5, 5.41) is 13.6. The standard InChI is InChI=1S/C23H16ClN3OS/c1-2-28-19-9-7-15(8-10-19)21-14-29-23(27-21)18(13-25)12-17-11-16-5-3-4-6-20(16)26-22(17)24/h3-12,14H,2H2,1H3/b18-12+. The minimum atomic E-state index is 0.361. The van der Waals surface area contributed by atoms with Gasteiger partial charge >= 0.3 is 0 Å². The Morgan fingerprint density at radius 2 is 1.97 bits per heavy atom. The number of fused-ring (bicyclic) bond motifs is 1. The average Bonchev–Trinajstić information content (AvgIpc) is 3.23. The van der Waals surface area contributed by atoms with Crippen LogP contribution < -0.4 is 4.74 Å². The van der Waals surface area contributed by atoms with Gasteiger partial charge in [-0.1, -0.05) is 29.8 Å². The topological polar surface area (TPSA) is 58.8 Å². The van der Waals surface area contributed by atoms with Crippen molar-refractivity contribution >= 4 is 45.5 Å². The van der Waals surface area contributed by atoms with Crippen LogP contribution in [-0.2, 0) is 0 Å². The quantitative estimate of drug-likeness (QED) is 0.275. The molecule has 0 aliphatic carbocycles. The maximum absolute atomic E-state index is 9.69. The van der Waals surface area contributed by atoms with Gasteiger partial charge in [-0.25, -0.2) is 9.97 Å². The zero-order valence-electron chi connectivity index (χ0n) is 15.6. The van der Waals surface area contributed by atoms with Gasteiger partial charge in [-0.3, -0.25) is 0 Å². The van der Waals surface area contributed by atoms with Crippen molar-refractivity contribution in [2.24, 2.45) is 0 Å². The maximum atomic E-state index is 9.69. The lowest BCUT2D eigenvalue weighted by Gasteiger charge is -2.03. The third-order valence-electron chi connectivity index (χ3n) is 4.32. The molecule has 6 heteroatoms. The number of hydrogen-bond acceptors (Lipinski definition) is 5. The molecule has 2 aromatic heterocycles. The first-order valence-corrected chi connectivity index (χ1v) is 10.3. The Balaban J connectivity index is 1.67. The van der Waals surface area contributed by atoms with Crippen molar-refractivity contribution in [3.8, 4) is 23.1 Å². The van der Waals surface area contributed by atoms with E-state index in [4.69, 9.17) is 16.3 Å². The highest BCUT2D eigenvalue weighted by atomic mass is 35.5. The molecule has 0 radical (unpaired) electrons. The van der Waals surface area contributed by atoms with Crippen molar-refractivity contribution < 1.29 is 4.74 Å². The molecule has 0 atom stereocenters. The fourth-order valence-electron chi connectivity index (χ4n) is 2.93. The third kappa shape index (κ3) is 4.14. The molecule has 4 nitrogen and oxygen atoms in total. The molecule has 0 fully saturated rings. The van der Waals surface area contributed by atoms with Crippen LogP contribution in [-0.4, -0.2) is 16.6 Å². The summed E-state index contributed by atoms with van der Waals surface area (Å²) in [5.74, 6) is 0.822. The van der Waals surface area contributed by atoms with Gasteiger partial charge in [0.2, 0.25) is 0 Å². The van der Waals surface area contributed by atoms with Crippen LogP contribution in [0.4, 0.5) is 0 Å². The summed E-state index contributed by atoms with van der Waals surface area (Å²) >= 11 is 7.76. The highest BCUT2D eigenvalue weighted by Gasteiger charge is 2.11. The second-order valence-corrected chi connectivity index (χ2v) is 7.44. The summed E-state index contributed by atoms with van der Waals surface area (Å²) in [6.07, 6.45) is 1.74. The van der Waals surface area contributed by atoms with Gasteiger partial charge in [0.1, 0.15) is 22.0 Å². The summed E-state index contributed by atoms with van der Waals surface area (Å²) in [6, 6.07) is 19.7. The molecule has 0 spiro atoms. The molecule has 0 saturated heterocycles. The van der Waals surface area contributed by atoms with Gasteiger partial charge in [-0.15, -0.1) is 11.3 Å². The third-order valence-corrected chi connectivity index (χ3v) is 5.50. The predicted molar refractivity (Wildman–Crippen MR) is 119 cm³/mol. The molecule has 0 N–H and O–H groups in total. The van der Waals surface area contributed by atoms with E-state index >= 15 is 0 Å². The smallest absolute Gasteiger partial charge is 0.137 e. The fourth-order valence-corrected chi connectivity index (χ4v) is 3.92. The number of hydrogen-bond donors (Lipinski definition) is 0. The van der Waals surface area contributed by atoms with Gasteiger partial charge in [0.25, 0.3) is 0 Å². The normalized spacial score (nSPS) is 11.4. The van der Waals surface area contributed by atoms with E-state index in [1.54, 1.807) is 6.08 Å². The fraction of sp³-hybridized carbons (Fsp3) is 0.0870. The molecule has 29 heavy (non-hydrogen) atoms. The monoisotopic (exact) mass is 417 g/mol. The Bertz CT molecular complexity index is 1240. The number of thiazole rings is 1. The Labute approximate surface area is 177 Å². The van der Waals surface area contributed by atoms with Crippen LogP contribution in [0.5, 0.6) is 5.75 Å². The number of pyridine rings is 1.